The van der Waals surface area contributed by atoms with Crippen molar-refractivity contribution in [1.82, 2.24) is 9.88 Å². The van der Waals surface area contributed by atoms with Gasteiger partial charge in [0.05, 0.1) is 0 Å². The smallest absolute Gasteiger partial charge is 0.226 e. The second-order valence-corrected chi connectivity index (χ2v) is 8.08. The van der Waals surface area contributed by atoms with E-state index in [1.807, 2.05) is 18.3 Å². The van der Waals surface area contributed by atoms with Crippen LogP contribution in [0.15, 0.2) is 24.4 Å². The Kier molecular flexibility index (Phi) is 4.47. The van der Waals surface area contributed by atoms with Crippen LogP contribution in [0.3, 0.4) is 0 Å². The van der Waals surface area contributed by atoms with Gasteiger partial charge in [-0.1, -0.05) is 25.3 Å². The summed E-state index contributed by atoms with van der Waals surface area (Å²) in [5, 5.41) is 0. The Balaban J connectivity index is 1.39. The molecule has 1 aromatic heterocycles. The SMILES string of the molecule is C[C@@H]1CN(c2ccccn2)CCN1C(=O)C1C[C@H]2CCC[C@@H](C1)C2. The Morgan fingerprint density at radius 1 is 1.12 bits per heavy atom. The topological polar surface area (TPSA) is 36.4 Å². The monoisotopic (exact) mass is 327 g/mol. The van der Waals surface area contributed by atoms with Crippen molar-refractivity contribution in [3.63, 3.8) is 0 Å². The number of amides is 1. The quantitative estimate of drug-likeness (QED) is 0.836. The van der Waals surface area contributed by atoms with Crippen LogP contribution in [0.25, 0.3) is 0 Å². The molecule has 1 aliphatic heterocycles. The zero-order valence-corrected chi connectivity index (χ0v) is 14.7. The van der Waals surface area contributed by atoms with Crippen LogP contribution in [0.2, 0.25) is 0 Å². The predicted octanol–water partition coefficient (Wildman–Crippen LogP) is 3.34. The molecule has 0 N–H and O–H groups in total. The van der Waals surface area contributed by atoms with Crippen LogP contribution in [0.1, 0.15) is 45.4 Å². The number of hydrogen-bond acceptors (Lipinski definition) is 3. The zero-order valence-electron chi connectivity index (χ0n) is 14.7. The molecule has 1 aromatic rings. The van der Waals surface area contributed by atoms with Crippen molar-refractivity contribution in [2.24, 2.45) is 17.8 Å². The summed E-state index contributed by atoms with van der Waals surface area (Å²) in [5.41, 5.74) is 0. The Labute approximate surface area is 145 Å². The molecule has 3 fully saturated rings. The molecule has 3 aliphatic rings. The number of piperazine rings is 1. The predicted molar refractivity (Wildman–Crippen MR) is 95.8 cm³/mol. The highest BCUT2D eigenvalue weighted by molar-refractivity contribution is 5.79. The van der Waals surface area contributed by atoms with Crippen molar-refractivity contribution < 1.29 is 4.79 Å². The van der Waals surface area contributed by atoms with Crippen molar-refractivity contribution in [3.8, 4) is 0 Å². The molecule has 1 amide bonds. The molecule has 4 rings (SSSR count). The second kappa shape index (κ2) is 6.73. The molecule has 2 aliphatic carbocycles. The van der Waals surface area contributed by atoms with E-state index >= 15 is 0 Å². The van der Waals surface area contributed by atoms with E-state index in [0.717, 1.165) is 50.1 Å². The van der Waals surface area contributed by atoms with E-state index in [1.165, 1.54) is 25.7 Å². The molecule has 0 spiro atoms. The van der Waals surface area contributed by atoms with Gasteiger partial charge in [0.25, 0.3) is 0 Å². The number of carbonyl (C=O) groups excluding carboxylic acids is 1. The van der Waals surface area contributed by atoms with Gasteiger partial charge in [0, 0.05) is 37.8 Å². The van der Waals surface area contributed by atoms with Gasteiger partial charge < -0.3 is 9.80 Å². The van der Waals surface area contributed by atoms with Crippen LogP contribution in [-0.4, -0.2) is 41.5 Å². The van der Waals surface area contributed by atoms with Gasteiger partial charge in [-0.05, 0) is 50.2 Å². The lowest BCUT2D eigenvalue weighted by atomic mass is 9.67. The molecule has 0 radical (unpaired) electrons. The number of pyridine rings is 1. The van der Waals surface area contributed by atoms with E-state index in [9.17, 15) is 4.79 Å². The number of carbonyl (C=O) groups is 1. The molecule has 2 heterocycles. The summed E-state index contributed by atoms with van der Waals surface area (Å²) in [7, 11) is 0. The van der Waals surface area contributed by atoms with E-state index in [-0.39, 0.29) is 12.0 Å². The van der Waals surface area contributed by atoms with Gasteiger partial charge >= 0.3 is 0 Å². The molecule has 130 valence electrons. The summed E-state index contributed by atoms with van der Waals surface area (Å²) in [6.07, 6.45) is 9.60. The van der Waals surface area contributed by atoms with Gasteiger partial charge in [-0.2, -0.15) is 0 Å². The standard InChI is InChI=1S/C20H29N3O/c1-15-14-22(19-7-2-3-8-21-19)9-10-23(15)20(24)18-12-16-5-4-6-17(11-16)13-18/h2-3,7-8,15-18H,4-6,9-14H2,1H3/t15-,16-,17+,18?/m1/s1. The van der Waals surface area contributed by atoms with Crippen LogP contribution < -0.4 is 4.90 Å². The molecule has 0 aromatic carbocycles. The van der Waals surface area contributed by atoms with Gasteiger partial charge in [-0.25, -0.2) is 4.98 Å². The fraction of sp³-hybridized carbons (Fsp3) is 0.700. The molecule has 24 heavy (non-hydrogen) atoms. The third-order valence-corrected chi connectivity index (χ3v) is 6.36. The van der Waals surface area contributed by atoms with Gasteiger partial charge in [0.15, 0.2) is 0 Å². The molecule has 4 nitrogen and oxygen atoms in total. The van der Waals surface area contributed by atoms with Crippen LogP contribution in [0.5, 0.6) is 0 Å². The Hall–Kier alpha value is -1.58. The van der Waals surface area contributed by atoms with Gasteiger partial charge in [-0.3, -0.25) is 4.79 Å². The third kappa shape index (κ3) is 3.15. The van der Waals surface area contributed by atoms with E-state index in [2.05, 4.69) is 27.8 Å². The molecular formula is C20H29N3O. The molecular weight excluding hydrogens is 298 g/mol. The summed E-state index contributed by atoms with van der Waals surface area (Å²) in [4.78, 5) is 22.1. The van der Waals surface area contributed by atoms with Crippen molar-refractivity contribution in [1.29, 1.82) is 0 Å². The average Bonchev–Trinajstić information content (AvgIpc) is 2.61. The minimum Gasteiger partial charge on any atom is -0.353 e. The van der Waals surface area contributed by atoms with E-state index in [1.54, 1.807) is 0 Å². The highest BCUT2D eigenvalue weighted by atomic mass is 16.2. The van der Waals surface area contributed by atoms with Crippen molar-refractivity contribution in [2.45, 2.75) is 51.5 Å². The minimum absolute atomic E-state index is 0.273. The fourth-order valence-electron chi connectivity index (χ4n) is 5.20. The maximum absolute atomic E-state index is 13.1. The van der Waals surface area contributed by atoms with Gasteiger partial charge in [-0.15, -0.1) is 0 Å². The van der Waals surface area contributed by atoms with Crippen molar-refractivity contribution in [2.75, 3.05) is 24.5 Å². The van der Waals surface area contributed by atoms with Crippen LogP contribution in [-0.2, 0) is 4.79 Å². The highest BCUT2D eigenvalue weighted by Gasteiger charge is 2.38. The average molecular weight is 327 g/mol. The molecule has 2 saturated carbocycles. The first kappa shape index (κ1) is 15.9. The lowest BCUT2D eigenvalue weighted by Crippen LogP contribution is -2.56. The lowest BCUT2D eigenvalue weighted by molar-refractivity contribution is -0.140. The van der Waals surface area contributed by atoms with Crippen LogP contribution in [0, 0.1) is 17.8 Å². The van der Waals surface area contributed by atoms with E-state index in [4.69, 9.17) is 0 Å². The summed E-state index contributed by atoms with van der Waals surface area (Å²) >= 11 is 0. The molecule has 4 atom stereocenters. The summed E-state index contributed by atoms with van der Waals surface area (Å²) < 4.78 is 0. The number of fused-ring (bicyclic) bond motifs is 2. The summed E-state index contributed by atoms with van der Waals surface area (Å²) in [5.74, 6) is 3.38. The third-order valence-electron chi connectivity index (χ3n) is 6.36. The second-order valence-electron chi connectivity index (χ2n) is 8.08. The van der Waals surface area contributed by atoms with Crippen LogP contribution >= 0.6 is 0 Å². The van der Waals surface area contributed by atoms with Gasteiger partial charge in [0.2, 0.25) is 5.91 Å². The fourth-order valence-corrected chi connectivity index (χ4v) is 5.20. The molecule has 1 unspecified atom stereocenters. The van der Waals surface area contributed by atoms with E-state index in [0.29, 0.717) is 5.91 Å². The number of aromatic nitrogens is 1. The normalized spacial score (nSPS) is 33.4. The molecule has 2 bridgehead atoms. The number of nitrogens with zero attached hydrogens (tertiary/aromatic N) is 3. The van der Waals surface area contributed by atoms with Crippen molar-refractivity contribution in [3.05, 3.63) is 24.4 Å². The lowest BCUT2D eigenvalue weighted by Gasteiger charge is -2.44. The molecule has 1 saturated heterocycles. The number of rotatable bonds is 2. The highest BCUT2D eigenvalue weighted by Crippen LogP contribution is 2.43. The first-order chi connectivity index (χ1) is 11.7. The minimum atomic E-state index is 0.273. The zero-order chi connectivity index (χ0) is 16.5. The summed E-state index contributed by atoms with van der Waals surface area (Å²) in [6, 6.07) is 6.32. The maximum Gasteiger partial charge on any atom is 0.226 e. The van der Waals surface area contributed by atoms with Crippen LogP contribution in [0.4, 0.5) is 5.82 Å². The summed E-state index contributed by atoms with van der Waals surface area (Å²) in [6.45, 7) is 4.81. The van der Waals surface area contributed by atoms with Crippen molar-refractivity contribution >= 4 is 11.7 Å². The molecule has 4 heteroatoms. The first-order valence-corrected chi connectivity index (χ1v) is 9.67. The van der Waals surface area contributed by atoms with E-state index < -0.39 is 0 Å². The number of anilines is 1. The number of hydrogen-bond donors (Lipinski definition) is 0. The Morgan fingerprint density at radius 3 is 2.58 bits per heavy atom. The first-order valence-electron chi connectivity index (χ1n) is 9.67. The Morgan fingerprint density at radius 2 is 1.92 bits per heavy atom. The largest absolute Gasteiger partial charge is 0.353 e. The Bertz CT molecular complexity index is 564. The van der Waals surface area contributed by atoms with Gasteiger partial charge in [0.1, 0.15) is 5.82 Å². The maximum atomic E-state index is 13.1.